The molecule has 1 N–H and O–H groups in total. The van der Waals surface area contributed by atoms with Crippen LogP contribution in [-0.4, -0.2) is 41.4 Å². The molecule has 0 saturated heterocycles. The van der Waals surface area contributed by atoms with E-state index in [1.165, 1.54) is 32.2 Å². The van der Waals surface area contributed by atoms with Gasteiger partial charge in [-0.15, -0.1) is 0 Å². The molecule has 2 rings (SSSR count). The minimum Gasteiger partial charge on any atom is -0.466 e. The number of carbonyl (C=O) groups excluding carboxylic acids is 3. The summed E-state index contributed by atoms with van der Waals surface area (Å²) in [6.45, 7) is 4.73. The number of thioether (sulfide) groups is 1. The molecule has 1 aliphatic rings. The number of non-ortho nitro benzene ring substituents is 1. The van der Waals surface area contributed by atoms with Crippen LogP contribution in [0.4, 0.5) is 5.69 Å². The average Bonchev–Trinajstić information content (AvgIpc) is 2.69. The Labute approximate surface area is 177 Å². The second kappa shape index (κ2) is 10.1. The normalized spacial score (nSPS) is 16.1. The summed E-state index contributed by atoms with van der Waals surface area (Å²) >= 11 is 1.03. The molecule has 0 spiro atoms. The Kier molecular flexibility index (Phi) is 7.76. The summed E-state index contributed by atoms with van der Waals surface area (Å²) in [7, 11) is 1.22. The number of esters is 2. The maximum Gasteiger partial charge on any atom is 0.336 e. The Hall–Kier alpha value is -3.14. The predicted molar refractivity (Wildman–Crippen MR) is 110 cm³/mol. The van der Waals surface area contributed by atoms with Crippen LogP contribution >= 0.6 is 11.8 Å². The third kappa shape index (κ3) is 5.26. The molecule has 0 aliphatic carbocycles. The minimum atomic E-state index is -0.911. The highest BCUT2D eigenvalue weighted by Gasteiger charge is 2.38. The highest BCUT2D eigenvalue weighted by molar-refractivity contribution is 8.13. The van der Waals surface area contributed by atoms with Gasteiger partial charge in [-0.05, 0) is 19.4 Å². The standard InChI is InChI=1S/C20H22N2O7S/c1-11-16(19(24)28-4)18(14-6-5-7-15(10-14)22(26)27)17(12(2)21-11)20(25)29-8-9-30-13(3)23/h5-7,10,18,21H,8-9H2,1-4H3. The maximum atomic E-state index is 12.9. The highest BCUT2D eigenvalue weighted by atomic mass is 32.2. The molecular formula is C20H22N2O7S. The van der Waals surface area contributed by atoms with Gasteiger partial charge < -0.3 is 14.8 Å². The fourth-order valence-electron chi connectivity index (χ4n) is 3.19. The Bertz CT molecular complexity index is 952. The molecule has 0 saturated carbocycles. The number of nitrogens with zero attached hydrogens (tertiary/aromatic N) is 1. The zero-order chi connectivity index (χ0) is 22.4. The van der Waals surface area contributed by atoms with Crippen LogP contribution in [0.5, 0.6) is 0 Å². The first-order valence-corrected chi connectivity index (χ1v) is 9.97. The van der Waals surface area contributed by atoms with Gasteiger partial charge in [-0.3, -0.25) is 14.9 Å². The lowest BCUT2D eigenvalue weighted by Crippen LogP contribution is -2.32. The van der Waals surface area contributed by atoms with Gasteiger partial charge in [0.15, 0.2) is 5.12 Å². The van der Waals surface area contributed by atoms with Crippen molar-refractivity contribution in [1.29, 1.82) is 0 Å². The quantitative estimate of drug-likeness (QED) is 0.298. The zero-order valence-electron chi connectivity index (χ0n) is 17.0. The summed E-state index contributed by atoms with van der Waals surface area (Å²) < 4.78 is 10.2. The van der Waals surface area contributed by atoms with Gasteiger partial charge in [-0.1, -0.05) is 23.9 Å². The molecule has 1 unspecified atom stereocenters. The second-order valence-electron chi connectivity index (χ2n) is 6.46. The van der Waals surface area contributed by atoms with E-state index in [1.807, 2.05) is 0 Å². The van der Waals surface area contributed by atoms with Crippen LogP contribution in [0.3, 0.4) is 0 Å². The third-order valence-corrected chi connectivity index (χ3v) is 5.20. The number of nitrogens with one attached hydrogen (secondary N) is 1. The first-order valence-electron chi connectivity index (χ1n) is 8.99. The van der Waals surface area contributed by atoms with E-state index < -0.39 is 22.8 Å². The molecule has 160 valence electrons. The number of hydrogen-bond donors (Lipinski definition) is 1. The van der Waals surface area contributed by atoms with Gasteiger partial charge in [0.1, 0.15) is 6.61 Å². The molecule has 1 aliphatic heterocycles. The van der Waals surface area contributed by atoms with Crippen molar-refractivity contribution in [2.24, 2.45) is 0 Å². The molecule has 10 heteroatoms. The number of hydrogen-bond acceptors (Lipinski definition) is 9. The van der Waals surface area contributed by atoms with Gasteiger partial charge in [-0.25, -0.2) is 9.59 Å². The predicted octanol–water partition coefficient (Wildman–Crippen LogP) is 2.83. The molecule has 0 fully saturated rings. The van der Waals surface area contributed by atoms with Gasteiger partial charge in [0.2, 0.25) is 0 Å². The Morgan fingerprint density at radius 3 is 2.37 bits per heavy atom. The van der Waals surface area contributed by atoms with Gasteiger partial charge >= 0.3 is 11.9 Å². The van der Waals surface area contributed by atoms with Gasteiger partial charge in [0.25, 0.3) is 5.69 Å². The van der Waals surface area contributed by atoms with Crippen LogP contribution in [0.1, 0.15) is 32.3 Å². The number of nitro groups is 1. The smallest absolute Gasteiger partial charge is 0.336 e. The minimum absolute atomic E-state index is 0.00221. The van der Waals surface area contributed by atoms with Crippen LogP contribution in [-0.2, 0) is 23.9 Å². The number of benzene rings is 1. The van der Waals surface area contributed by atoms with Crippen molar-refractivity contribution in [2.75, 3.05) is 19.5 Å². The molecule has 30 heavy (non-hydrogen) atoms. The number of carbonyl (C=O) groups is 3. The lowest BCUT2D eigenvalue weighted by atomic mass is 9.80. The third-order valence-electron chi connectivity index (χ3n) is 4.42. The van der Waals surface area contributed by atoms with Crippen LogP contribution in [0.2, 0.25) is 0 Å². The van der Waals surface area contributed by atoms with Gasteiger partial charge in [0.05, 0.1) is 29.1 Å². The number of dihydropyridines is 1. The van der Waals surface area contributed by atoms with Crippen molar-refractivity contribution >= 4 is 34.5 Å². The van der Waals surface area contributed by atoms with E-state index in [9.17, 15) is 24.5 Å². The Balaban J connectivity index is 2.49. The van der Waals surface area contributed by atoms with Crippen molar-refractivity contribution in [2.45, 2.75) is 26.7 Å². The molecule has 9 nitrogen and oxygen atoms in total. The SMILES string of the molecule is COC(=O)C1=C(C)NC(C)=C(C(=O)OCCSC(C)=O)C1c1cccc([N+](=O)[O-])c1. The van der Waals surface area contributed by atoms with E-state index in [0.29, 0.717) is 22.7 Å². The Morgan fingerprint density at radius 1 is 1.17 bits per heavy atom. The summed E-state index contributed by atoms with van der Waals surface area (Å²) in [5.74, 6) is -1.97. The lowest BCUT2D eigenvalue weighted by Gasteiger charge is -2.30. The molecule has 0 bridgehead atoms. The topological polar surface area (TPSA) is 125 Å². The van der Waals surface area contributed by atoms with Crippen molar-refractivity contribution < 1.29 is 28.8 Å². The summed E-state index contributed by atoms with van der Waals surface area (Å²) in [5.41, 5.74) is 1.45. The molecular weight excluding hydrogens is 412 g/mol. The van der Waals surface area contributed by atoms with Crippen molar-refractivity contribution in [3.05, 3.63) is 62.5 Å². The molecule has 0 aromatic heterocycles. The number of rotatable bonds is 7. The average molecular weight is 434 g/mol. The fraction of sp³-hybridized carbons (Fsp3) is 0.350. The largest absolute Gasteiger partial charge is 0.466 e. The number of methoxy groups -OCH3 is 1. The summed E-state index contributed by atoms with van der Waals surface area (Å²) in [6.07, 6.45) is 0. The molecule has 1 aromatic carbocycles. The zero-order valence-corrected chi connectivity index (χ0v) is 17.8. The molecule has 1 atom stereocenters. The summed E-state index contributed by atoms with van der Waals surface area (Å²) in [6, 6.07) is 5.73. The van der Waals surface area contributed by atoms with Gasteiger partial charge in [0, 0.05) is 36.2 Å². The number of allylic oxidation sites excluding steroid dienone is 2. The molecule has 0 amide bonds. The van der Waals surface area contributed by atoms with Crippen LogP contribution in [0, 0.1) is 10.1 Å². The molecule has 0 radical (unpaired) electrons. The van der Waals surface area contributed by atoms with Crippen molar-refractivity contribution in [3.8, 4) is 0 Å². The number of ether oxygens (including phenoxy) is 2. The maximum absolute atomic E-state index is 12.9. The van der Waals surface area contributed by atoms with Crippen LogP contribution < -0.4 is 5.32 Å². The van der Waals surface area contributed by atoms with Crippen molar-refractivity contribution in [3.63, 3.8) is 0 Å². The van der Waals surface area contributed by atoms with Crippen molar-refractivity contribution in [1.82, 2.24) is 5.32 Å². The molecule has 1 heterocycles. The molecule has 1 aromatic rings. The van der Waals surface area contributed by atoms with E-state index in [0.717, 1.165) is 11.8 Å². The van der Waals surface area contributed by atoms with E-state index >= 15 is 0 Å². The fourth-order valence-corrected chi connectivity index (χ4v) is 3.65. The summed E-state index contributed by atoms with van der Waals surface area (Å²) in [4.78, 5) is 47.1. The van der Waals surface area contributed by atoms with E-state index in [2.05, 4.69) is 5.32 Å². The lowest BCUT2D eigenvalue weighted by molar-refractivity contribution is -0.384. The summed E-state index contributed by atoms with van der Waals surface area (Å²) in [5, 5.41) is 14.1. The van der Waals surface area contributed by atoms with Gasteiger partial charge in [-0.2, -0.15) is 0 Å². The second-order valence-corrected chi connectivity index (χ2v) is 7.73. The van der Waals surface area contributed by atoms with E-state index in [-0.39, 0.29) is 28.6 Å². The van der Waals surface area contributed by atoms with E-state index in [1.54, 1.807) is 19.9 Å². The first kappa shape index (κ1) is 23.1. The monoisotopic (exact) mass is 434 g/mol. The van der Waals surface area contributed by atoms with E-state index in [4.69, 9.17) is 9.47 Å². The highest BCUT2D eigenvalue weighted by Crippen LogP contribution is 2.40. The number of nitro benzene ring substituents is 1. The van der Waals surface area contributed by atoms with Crippen LogP contribution in [0.25, 0.3) is 0 Å². The first-order chi connectivity index (χ1) is 14.2. The van der Waals surface area contributed by atoms with Crippen LogP contribution in [0.15, 0.2) is 46.8 Å². The Morgan fingerprint density at radius 2 is 1.80 bits per heavy atom.